The van der Waals surface area contributed by atoms with Crippen LogP contribution in [0.2, 0.25) is 0 Å². The van der Waals surface area contributed by atoms with E-state index in [1.54, 1.807) is 18.4 Å². The average molecular weight is 259 g/mol. The number of carbonyl (C=O) groups is 1. The standard InChI is InChI=1S/C16H21NO2/c1-15-6-11-5-12(7-15)9-16(8-11,10-15)17-14(18)13-3-2-4-19-13/h2-4,11-12H,5-10H2,1H3,(H,17,18)/t11-,12+,15?,16?. The molecule has 19 heavy (non-hydrogen) atoms. The molecule has 102 valence electrons. The first-order valence-electron chi connectivity index (χ1n) is 7.42. The van der Waals surface area contributed by atoms with Crippen molar-refractivity contribution in [1.82, 2.24) is 5.32 Å². The molecule has 0 spiro atoms. The molecule has 0 aliphatic heterocycles. The van der Waals surface area contributed by atoms with E-state index >= 15 is 0 Å². The second-order valence-corrected chi connectivity index (χ2v) is 7.48. The van der Waals surface area contributed by atoms with Crippen LogP contribution in [0.1, 0.15) is 56.0 Å². The van der Waals surface area contributed by atoms with Crippen molar-refractivity contribution in [3.63, 3.8) is 0 Å². The quantitative estimate of drug-likeness (QED) is 0.884. The predicted molar refractivity (Wildman–Crippen MR) is 71.7 cm³/mol. The number of furan rings is 1. The predicted octanol–water partition coefficient (Wildman–Crippen LogP) is 3.37. The first-order valence-corrected chi connectivity index (χ1v) is 7.42. The highest BCUT2D eigenvalue weighted by Gasteiger charge is 2.56. The molecule has 4 aliphatic rings. The van der Waals surface area contributed by atoms with Gasteiger partial charge in [-0.2, -0.15) is 0 Å². The Hall–Kier alpha value is -1.25. The summed E-state index contributed by atoms with van der Waals surface area (Å²) < 4.78 is 5.22. The lowest BCUT2D eigenvalue weighted by Crippen LogP contribution is -2.62. The second kappa shape index (κ2) is 3.65. The van der Waals surface area contributed by atoms with Crippen LogP contribution in [0.4, 0.5) is 0 Å². The number of hydrogen-bond acceptors (Lipinski definition) is 2. The van der Waals surface area contributed by atoms with Crippen LogP contribution < -0.4 is 5.32 Å². The fourth-order valence-electron chi connectivity index (χ4n) is 5.58. The molecule has 0 aromatic carbocycles. The summed E-state index contributed by atoms with van der Waals surface area (Å²) in [7, 11) is 0. The third-order valence-electron chi connectivity index (χ3n) is 5.48. The first kappa shape index (κ1) is 11.6. The molecule has 4 atom stereocenters. The zero-order chi connectivity index (χ0) is 13.1. The Labute approximate surface area is 113 Å². The molecular formula is C16H21NO2. The van der Waals surface area contributed by atoms with Crippen molar-refractivity contribution < 1.29 is 9.21 Å². The van der Waals surface area contributed by atoms with Crippen molar-refractivity contribution >= 4 is 5.91 Å². The van der Waals surface area contributed by atoms with Crippen LogP contribution in [0.25, 0.3) is 0 Å². The Morgan fingerprint density at radius 1 is 1.32 bits per heavy atom. The molecular weight excluding hydrogens is 238 g/mol. The van der Waals surface area contributed by atoms with Gasteiger partial charge in [-0.1, -0.05) is 6.92 Å². The number of rotatable bonds is 2. The average Bonchev–Trinajstić information content (AvgIpc) is 2.77. The fourth-order valence-corrected chi connectivity index (χ4v) is 5.58. The van der Waals surface area contributed by atoms with Gasteiger partial charge in [-0.05, 0) is 67.9 Å². The molecule has 1 aromatic heterocycles. The van der Waals surface area contributed by atoms with Gasteiger partial charge in [0.25, 0.3) is 5.91 Å². The molecule has 5 rings (SSSR count). The highest BCUT2D eigenvalue weighted by molar-refractivity contribution is 5.92. The van der Waals surface area contributed by atoms with Crippen molar-refractivity contribution in [3.8, 4) is 0 Å². The maximum absolute atomic E-state index is 12.3. The Morgan fingerprint density at radius 3 is 2.63 bits per heavy atom. The van der Waals surface area contributed by atoms with Crippen LogP contribution >= 0.6 is 0 Å². The zero-order valence-corrected chi connectivity index (χ0v) is 11.4. The Kier molecular flexibility index (Phi) is 2.22. The summed E-state index contributed by atoms with van der Waals surface area (Å²) in [6.07, 6.45) is 9.17. The Bertz CT molecular complexity index is 491. The zero-order valence-electron chi connectivity index (χ0n) is 11.4. The lowest BCUT2D eigenvalue weighted by molar-refractivity contribution is -0.0682. The van der Waals surface area contributed by atoms with Crippen molar-refractivity contribution in [1.29, 1.82) is 0 Å². The summed E-state index contributed by atoms with van der Waals surface area (Å²) in [6, 6.07) is 3.52. The highest BCUT2D eigenvalue weighted by Crippen LogP contribution is 2.61. The topological polar surface area (TPSA) is 42.2 Å². The lowest BCUT2D eigenvalue weighted by atomic mass is 9.47. The summed E-state index contributed by atoms with van der Waals surface area (Å²) in [5.74, 6) is 2.06. The molecule has 2 unspecified atom stereocenters. The van der Waals surface area contributed by atoms with Gasteiger partial charge in [0.1, 0.15) is 0 Å². The monoisotopic (exact) mass is 259 g/mol. The molecule has 3 heteroatoms. The van der Waals surface area contributed by atoms with Gasteiger partial charge in [0.15, 0.2) is 5.76 Å². The lowest BCUT2D eigenvalue weighted by Gasteiger charge is -2.61. The van der Waals surface area contributed by atoms with Crippen molar-refractivity contribution in [2.45, 2.75) is 51.0 Å². The van der Waals surface area contributed by atoms with Gasteiger partial charge in [0.2, 0.25) is 0 Å². The molecule has 4 fully saturated rings. The van der Waals surface area contributed by atoms with Gasteiger partial charge in [-0.25, -0.2) is 0 Å². The molecule has 4 aliphatic carbocycles. The smallest absolute Gasteiger partial charge is 0.287 e. The summed E-state index contributed by atoms with van der Waals surface area (Å²) in [4.78, 5) is 12.3. The number of hydrogen-bond donors (Lipinski definition) is 1. The van der Waals surface area contributed by atoms with Gasteiger partial charge in [-0.3, -0.25) is 4.79 Å². The van der Waals surface area contributed by atoms with Crippen LogP contribution in [-0.2, 0) is 0 Å². The van der Waals surface area contributed by atoms with E-state index in [1.165, 1.54) is 32.1 Å². The number of amides is 1. The minimum Gasteiger partial charge on any atom is -0.459 e. The van der Waals surface area contributed by atoms with Gasteiger partial charge in [0.05, 0.1) is 6.26 Å². The molecule has 1 heterocycles. The van der Waals surface area contributed by atoms with Crippen LogP contribution in [0.15, 0.2) is 22.8 Å². The summed E-state index contributed by atoms with van der Waals surface area (Å²) in [5.41, 5.74) is 0.503. The van der Waals surface area contributed by atoms with E-state index in [1.807, 2.05) is 0 Å². The highest BCUT2D eigenvalue weighted by atomic mass is 16.3. The fraction of sp³-hybridized carbons (Fsp3) is 0.688. The SMILES string of the molecule is CC12C[C@H]3C[C@@H](C1)CC(NC(=O)c1ccco1)(C3)C2. The van der Waals surface area contributed by atoms with E-state index in [4.69, 9.17) is 4.42 Å². The van der Waals surface area contributed by atoms with Gasteiger partial charge >= 0.3 is 0 Å². The van der Waals surface area contributed by atoms with Gasteiger partial charge in [-0.15, -0.1) is 0 Å². The largest absolute Gasteiger partial charge is 0.459 e. The number of carbonyl (C=O) groups excluding carboxylic acids is 1. The maximum atomic E-state index is 12.3. The van der Waals surface area contributed by atoms with Crippen LogP contribution in [0.5, 0.6) is 0 Å². The molecule has 3 nitrogen and oxygen atoms in total. The number of nitrogens with one attached hydrogen (secondary N) is 1. The van der Waals surface area contributed by atoms with Crippen molar-refractivity contribution in [2.75, 3.05) is 0 Å². The van der Waals surface area contributed by atoms with E-state index in [2.05, 4.69) is 12.2 Å². The van der Waals surface area contributed by atoms with Gasteiger partial charge in [0, 0.05) is 5.54 Å². The van der Waals surface area contributed by atoms with Gasteiger partial charge < -0.3 is 9.73 Å². The normalized spacial score (nSPS) is 43.4. The molecule has 1 amide bonds. The molecule has 4 bridgehead atoms. The van der Waals surface area contributed by atoms with E-state index in [-0.39, 0.29) is 11.4 Å². The van der Waals surface area contributed by atoms with E-state index in [0.717, 1.165) is 18.3 Å². The molecule has 0 radical (unpaired) electrons. The molecule has 1 aromatic rings. The van der Waals surface area contributed by atoms with Crippen molar-refractivity contribution in [2.24, 2.45) is 17.3 Å². The second-order valence-electron chi connectivity index (χ2n) is 7.48. The third kappa shape index (κ3) is 1.82. The molecule has 1 N–H and O–H groups in total. The molecule has 0 saturated heterocycles. The minimum atomic E-state index is -0.0319. The maximum Gasteiger partial charge on any atom is 0.287 e. The Morgan fingerprint density at radius 2 is 2.05 bits per heavy atom. The van der Waals surface area contributed by atoms with Crippen molar-refractivity contribution in [3.05, 3.63) is 24.2 Å². The summed E-state index contributed by atoms with van der Waals surface area (Å²) in [5, 5.41) is 3.32. The Balaban J connectivity index is 1.59. The minimum absolute atomic E-state index is 0.0319. The van der Waals surface area contributed by atoms with E-state index < -0.39 is 0 Å². The third-order valence-corrected chi connectivity index (χ3v) is 5.48. The van der Waals surface area contributed by atoms with Crippen LogP contribution in [0.3, 0.4) is 0 Å². The first-order chi connectivity index (χ1) is 9.06. The molecule has 4 saturated carbocycles. The van der Waals surface area contributed by atoms with E-state index in [9.17, 15) is 4.79 Å². The summed E-state index contributed by atoms with van der Waals surface area (Å²) in [6.45, 7) is 2.41. The van der Waals surface area contributed by atoms with Crippen LogP contribution in [0, 0.1) is 17.3 Å². The van der Waals surface area contributed by atoms with E-state index in [0.29, 0.717) is 11.2 Å². The summed E-state index contributed by atoms with van der Waals surface area (Å²) >= 11 is 0. The van der Waals surface area contributed by atoms with Crippen LogP contribution in [-0.4, -0.2) is 11.4 Å².